The van der Waals surface area contributed by atoms with Crippen LogP contribution in [0.5, 0.6) is 0 Å². The number of carbonyl (C=O) groups is 2. The van der Waals surface area contributed by atoms with Crippen LogP contribution in [0.1, 0.15) is 34.1 Å². The first-order valence-electron chi connectivity index (χ1n) is 5.25. The number of carbonyl (C=O) groups excluding carboxylic acids is 2. The molecule has 0 radical (unpaired) electrons. The first kappa shape index (κ1) is 15.8. The van der Waals surface area contributed by atoms with Gasteiger partial charge >= 0.3 is 5.97 Å². The molecule has 0 unspecified atom stereocenters. The Bertz CT molecular complexity index is 234. The first-order chi connectivity index (χ1) is 7.34. The van der Waals surface area contributed by atoms with Crippen molar-refractivity contribution in [2.75, 3.05) is 18.1 Å². The standard InChI is InChI=1S/C11H20O3S2/c1-9(12)5-7-15-16-8-6-14-10(13)11(2,3)4/h5-8H2,1-4H3. The van der Waals surface area contributed by atoms with Gasteiger partial charge in [-0.15, -0.1) is 0 Å². The number of ether oxygens (including phenoxy) is 1. The fourth-order valence-electron chi connectivity index (χ4n) is 0.688. The Hall–Kier alpha value is -0.160. The second-order valence-electron chi connectivity index (χ2n) is 4.48. The molecule has 0 fully saturated rings. The van der Waals surface area contributed by atoms with E-state index in [4.69, 9.17) is 4.74 Å². The summed E-state index contributed by atoms with van der Waals surface area (Å²) in [5.41, 5.74) is -0.424. The average molecular weight is 264 g/mol. The molecule has 0 spiro atoms. The highest BCUT2D eigenvalue weighted by molar-refractivity contribution is 8.76. The lowest BCUT2D eigenvalue weighted by Crippen LogP contribution is -2.23. The Labute approximate surface area is 105 Å². The molecule has 0 N–H and O–H groups in total. The van der Waals surface area contributed by atoms with Gasteiger partial charge < -0.3 is 4.74 Å². The Morgan fingerprint density at radius 1 is 1.12 bits per heavy atom. The maximum Gasteiger partial charge on any atom is 0.311 e. The molecule has 0 aromatic rings. The molecule has 0 aliphatic heterocycles. The van der Waals surface area contributed by atoms with E-state index < -0.39 is 5.41 Å². The van der Waals surface area contributed by atoms with Gasteiger partial charge in [0.1, 0.15) is 12.4 Å². The first-order valence-corrected chi connectivity index (χ1v) is 7.74. The van der Waals surface area contributed by atoms with Crippen molar-refractivity contribution in [3.8, 4) is 0 Å². The number of hydrogen-bond acceptors (Lipinski definition) is 5. The van der Waals surface area contributed by atoms with Crippen molar-refractivity contribution in [1.29, 1.82) is 0 Å². The van der Waals surface area contributed by atoms with Crippen LogP contribution in [0.3, 0.4) is 0 Å². The topological polar surface area (TPSA) is 43.4 Å². The smallest absolute Gasteiger partial charge is 0.311 e. The summed E-state index contributed by atoms with van der Waals surface area (Å²) in [6.07, 6.45) is 0.611. The zero-order chi connectivity index (χ0) is 12.6. The van der Waals surface area contributed by atoms with Gasteiger partial charge in [0, 0.05) is 17.9 Å². The van der Waals surface area contributed by atoms with Crippen LogP contribution in [0, 0.1) is 5.41 Å². The molecule has 5 heteroatoms. The number of hydrogen-bond donors (Lipinski definition) is 0. The van der Waals surface area contributed by atoms with Crippen molar-refractivity contribution in [1.82, 2.24) is 0 Å². The lowest BCUT2D eigenvalue weighted by Gasteiger charge is -2.16. The molecule has 0 bridgehead atoms. The molecule has 0 atom stereocenters. The zero-order valence-corrected chi connectivity index (χ0v) is 12.0. The second-order valence-corrected chi connectivity index (χ2v) is 7.18. The molecule has 0 aromatic heterocycles. The molecular weight excluding hydrogens is 244 g/mol. The molecule has 0 rings (SSSR count). The lowest BCUT2D eigenvalue weighted by atomic mass is 9.97. The Morgan fingerprint density at radius 2 is 1.69 bits per heavy atom. The molecule has 0 aliphatic carbocycles. The van der Waals surface area contributed by atoms with E-state index in [2.05, 4.69) is 0 Å². The second kappa shape index (κ2) is 8.01. The summed E-state index contributed by atoms with van der Waals surface area (Å²) in [5.74, 6) is 1.64. The highest BCUT2D eigenvalue weighted by Crippen LogP contribution is 2.22. The van der Waals surface area contributed by atoms with Gasteiger partial charge in [-0.25, -0.2) is 0 Å². The fourth-order valence-corrected chi connectivity index (χ4v) is 2.61. The van der Waals surface area contributed by atoms with Crippen LogP contribution < -0.4 is 0 Å². The Kier molecular flexibility index (Phi) is 7.93. The largest absolute Gasteiger partial charge is 0.464 e. The summed E-state index contributed by atoms with van der Waals surface area (Å²) >= 11 is 0. The normalized spacial score (nSPS) is 11.2. The van der Waals surface area contributed by atoms with Gasteiger partial charge in [-0.05, 0) is 27.7 Å². The minimum absolute atomic E-state index is 0.165. The molecule has 0 heterocycles. The van der Waals surface area contributed by atoms with Crippen molar-refractivity contribution < 1.29 is 14.3 Å². The Morgan fingerprint density at radius 3 is 2.19 bits per heavy atom. The molecule has 0 aliphatic rings. The van der Waals surface area contributed by atoms with E-state index in [-0.39, 0.29) is 11.8 Å². The predicted molar refractivity (Wildman–Crippen MR) is 70.6 cm³/mol. The maximum absolute atomic E-state index is 11.4. The molecule has 0 saturated heterocycles. The minimum Gasteiger partial charge on any atom is -0.464 e. The number of ketones is 1. The molecule has 0 amide bonds. The quantitative estimate of drug-likeness (QED) is 0.402. The number of Topliss-reactive ketones (excluding diaryl/α,β-unsaturated/α-hetero) is 1. The molecular formula is C11H20O3S2. The van der Waals surface area contributed by atoms with Crippen LogP contribution in [0.25, 0.3) is 0 Å². The number of esters is 1. The molecule has 3 nitrogen and oxygen atoms in total. The van der Waals surface area contributed by atoms with E-state index in [0.29, 0.717) is 13.0 Å². The SMILES string of the molecule is CC(=O)CCSSCCOC(=O)C(C)(C)C. The van der Waals surface area contributed by atoms with E-state index in [0.717, 1.165) is 11.5 Å². The van der Waals surface area contributed by atoms with Gasteiger partial charge in [0.2, 0.25) is 0 Å². The summed E-state index contributed by atoms with van der Waals surface area (Å²) in [5, 5.41) is 0. The van der Waals surface area contributed by atoms with Crippen molar-refractivity contribution in [3.05, 3.63) is 0 Å². The average Bonchev–Trinajstić information content (AvgIpc) is 2.14. The van der Waals surface area contributed by atoms with Crippen LogP contribution in [0.15, 0.2) is 0 Å². The van der Waals surface area contributed by atoms with Gasteiger partial charge in [-0.1, -0.05) is 21.6 Å². The predicted octanol–water partition coefficient (Wildman–Crippen LogP) is 2.94. The van der Waals surface area contributed by atoms with Crippen molar-refractivity contribution >= 4 is 33.3 Å². The third-order valence-electron chi connectivity index (χ3n) is 1.63. The van der Waals surface area contributed by atoms with Crippen LogP contribution in [0.4, 0.5) is 0 Å². The van der Waals surface area contributed by atoms with Gasteiger partial charge in [0.15, 0.2) is 0 Å². The van der Waals surface area contributed by atoms with Crippen molar-refractivity contribution in [3.63, 3.8) is 0 Å². The van der Waals surface area contributed by atoms with Crippen molar-refractivity contribution in [2.45, 2.75) is 34.1 Å². The highest BCUT2D eigenvalue weighted by atomic mass is 33.1. The highest BCUT2D eigenvalue weighted by Gasteiger charge is 2.22. The van der Waals surface area contributed by atoms with E-state index in [1.807, 2.05) is 20.8 Å². The summed E-state index contributed by atoms with van der Waals surface area (Å²) in [6, 6.07) is 0. The molecule has 94 valence electrons. The van der Waals surface area contributed by atoms with Crippen LogP contribution in [0.2, 0.25) is 0 Å². The zero-order valence-electron chi connectivity index (χ0n) is 10.4. The van der Waals surface area contributed by atoms with E-state index in [1.54, 1.807) is 28.5 Å². The Balaban J connectivity index is 3.34. The maximum atomic E-state index is 11.4. The third-order valence-corrected chi connectivity index (χ3v) is 4.00. The van der Waals surface area contributed by atoms with Gasteiger partial charge in [-0.3, -0.25) is 9.59 Å². The summed E-state index contributed by atoms with van der Waals surface area (Å²) in [4.78, 5) is 22.0. The van der Waals surface area contributed by atoms with Crippen LogP contribution in [-0.4, -0.2) is 29.9 Å². The monoisotopic (exact) mass is 264 g/mol. The third kappa shape index (κ3) is 9.09. The van der Waals surface area contributed by atoms with Crippen LogP contribution in [-0.2, 0) is 14.3 Å². The summed E-state index contributed by atoms with van der Waals surface area (Å²) < 4.78 is 5.09. The summed E-state index contributed by atoms with van der Waals surface area (Å²) in [6.45, 7) is 7.54. The van der Waals surface area contributed by atoms with Gasteiger partial charge in [0.05, 0.1) is 5.41 Å². The molecule has 16 heavy (non-hydrogen) atoms. The molecule has 0 aromatic carbocycles. The van der Waals surface area contributed by atoms with Crippen molar-refractivity contribution in [2.24, 2.45) is 5.41 Å². The lowest BCUT2D eigenvalue weighted by molar-refractivity contribution is -0.152. The fraction of sp³-hybridized carbons (Fsp3) is 0.818. The van der Waals surface area contributed by atoms with E-state index >= 15 is 0 Å². The van der Waals surface area contributed by atoms with Gasteiger partial charge in [-0.2, -0.15) is 0 Å². The van der Waals surface area contributed by atoms with E-state index in [9.17, 15) is 9.59 Å². The molecule has 0 saturated carbocycles. The van der Waals surface area contributed by atoms with Crippen LogP contribution >= 0.6 is 21.6 Å². The van der Waals surface area contributed by atoms with E-state index in [1.165, 1.54) is 0 Å². The summed E-state index contributed by atoms with van der Waals surface area (Å²) in [7, 11) is 3.28. The minimum atomic E-state index is -0.424. The van der Waals surface area contributed by atoms with Gasteiger partial charge in [0.25, 0.3) is 0 Å². The number of rotatable bonds is 7.